The number of carboxylic acid groups (broad SMARTS) is 1. The summed E-state index contributed by atoms with van der Waals surface area (Å²) in [5.74, 6) is -1.49. The van der Waals surface area contributed by atoms with E-state index >= 15 is 0 Å². The molecule has 4 heteroatoms. The Morgan fingerprint density at radius 3 is 2.47 bits per heavy atom. The Bertz CT molecular complexity index is 412. The van der Waals surface area contributed by atoms with Gasteiger partial charge in [0, 0.05) is 12.3 Å². The predicted octanol–water partition coefficient (Wildman–Crippen LogP) is 2.47. The molecule has 0 fully saturated rings. The van der Waals surface area contributed by atoms with Gasteiger partial charge in [-0.15, -0.1) is 0 Å². The fraction of sp³-hybridized carbons (Fsp3) is 0.385. The Labute approximate surface area is 99.9 Å². The number of hydrogen-bond donors (Lipinski definition) is 2. The molecule has 1 unspecified atom stereocenters. The van der Waals surface area contributed by atoms with Crippen LogP contribution in [0.25, 0.3) is 0 Å². The highest BCUT2D eigenvalue weighted by atomic mass is 16.4. The molecule has 0 heterocycles. The second-order valence-electron chi connectivity index (χ2n) is 3.92. The van der Waals surface area contributed by atoms with Crippen molar-refractivity contribution in [1.82, 2.24) is 0 Å². The normalized spacial score (nSPS) is 12.1. The van der Waals surface area contributed by atoms with E-state index in [2.05, 4.69) is 0 Å². The standard InChI is InChI=1S/C13H16O4/c1-2-9(7-8-12(15)16)13(17)10-5-3-4-6-11(10)14/h3-6,9,14H,2,7-8H2,1H3,(H,15,16). The molecule has 0 aromatic heterocycles. The van der Waals surface area contributed by atoms with E-state index in [-0.39, 0.29) is 29.4 Å². The Morgan fingerprint density at radius 2 is 1.94 bits per heavy atom. The highest BCUT2D eigenvalue weighted by Gasteiger charge is 2.21. The zero-order chi connectivity index (χ0) is 12.8. The summed E-state index contributed by atoms with van der Waals surface area (Å²) in [6, 6.07) is 6.33. The highest BCUT2D eigenvalue weighted by molar-refractivity contribution is 6.00. The molecule has 17 heavy (non-hydrogen) atoms. The minimum absolute atomic E-state index is 0.0299. The highest BCUT2D eigenvalue weighted by Crippen LogP contribution is 2.23. The first kappa shape index (κ1) is 13.2. The van der Waals surface area contributed by atoms with Gasteiger partial charge >= 0.3 is 5.97 Å². The number of ketones is 1. The van der Waals surface area contributed by atoms with Gasteiger partial charge in [-0.25, -0.2) is 0 Å². The molecule has 1 aromatic rings. The maximum absolute atomic E-state index is 12.1. The molecule has 1 rings (SSSR count). The summed E-state index contributed by atoms with van der Waals surface area (Å²) in [4.78, 5) is 22.5. The monoisotopic (exact) mass is 236 g/mol. The van der Waals surface area contributed by atoms with Crippen LogP contribution in [-0.4, -0.2) is 22.0 Å². The van der Waals surface area contributed by atoms with Crippen LogP contribution in [0.4, 0.5) is 0 Å². The molecule has 0 aliphatic heterocycles. The Morgan fingerprint density at radius 1 is 1.29 bits per heavy atom. The maximum Gasteiger partial charge on any atom is 0.303 e. The Kier molecular flexibility index (Phi) is 4.69. The maximum atomic E-state index is 12.1. The number of phenols is 1. The number of carbonyl (C=O) groups excluding carboxylic acids is 1. The van der Waals surface area contributed by atoms with Crippen molar-refractivity contribution in [3.8, 4) is 5.75 Å². The van der Waals surface area contributed by atoms with Crippen molar-refractivity contribution in [3.05, 3.63) is 29.8 Å². The van der Waals surface area contributed by atoms with Crippen molar-refractivity contribution in [2.45, 2.75) is 26.2 Å². The molecular weight excluding hydrogens is 220 g/mol. The second kappa shape index (κ2) is 6.03. The molecule has 4 nitrogen and oxygen atoms in total. The van der Waals surface area contributed by atoms with Crippen LogP contribution in [0.5, 0.6) is 5.75 Å². The van der Waals surface area contributed by atoms with E-state index in [9.17, 15) is 14.7 Å². The van der Waals surface area contributed by atoms with E-state index in [1.807, 2.05) is 6.92 Å². The molecule has 0 saturated heterocycles. The van der Waals surface area contributed by atoms with Crippen molar-refractivity contribution in [3.63, 3.8) is 0 Å². The average Bonchev–Trinajstić information content (AvgIpc) is 2.29. The second-order valence-corrected chi connectivity index (χ2v) is 3.92. The van der Waals surface area contributed by atoms with Crippen LogP contribution in [0.3, 0.4) is 0 Å². The third kappa shape index (κ3) is 3.59. The zero-order valence-electron chi connectivity index (χ0n) is 9.72. The predicted molar refractivity (Wildman–Crippen MR) is 63.1 cm³/mol. The molecule has 0 saturated carbocycles. The van der Waals surface area contributed by atoms with Crippen LogP contribution < -0.4 is 0 Å². The molecule has 0 bridgehead atoms. The first-order valence-electron chi connectivity index (χ1n) is 5.60. The summed E-state index contributed by atoms with van der Waals surface area (Å²) in [6.45, 7) is 1.84. The SMILES string of the molecule is CCC(CCC(=O)O)C(=O)c1ccccc1O. The van der Waals surface area contributed by atoms with E-state index < -0.39 is 5.97 Å². The number of rotatable bonds is 6. The van der Waals surface area contributed by atoms with Crippen molar-refractivity contribution in [2.24, 2.45) is 5.92 Å². The fourth-order valence-electron chi connectivity index (χ4n) is 1.72. The van der Waals surface area contributed by atoms with Crippen LogP contribution in [-0.2, 0) is 4.79 Å². The smallest absolute Gasteiger partial charge is 0.303 e. The lowest BCUT2D eigenvalue weighted by Gasteiger charge is -2.13. The number of aliphatic carboxylic acids is 1. The minimum atomic E-state index is -0.909. The minimum Gasteiger partial charge on any atom is -0.507 e. The molecule has 0 aliphatic carbocycles. The number of Topliss-reactive ketones (excluding diaryl/α,β-unsaturated/α-hetero) is 1. The molecule has 0 spiro atoms. The van der Waals surface area contributed by atoms with Gasteiger partial charge in [0.05, 0.1) is 5.56 Å². The van der Waals surface area contributed by atoms with Gasteiger partial charge in [-0.05, 0) is 25.0 Å². The first-order valence-corrected chi connectivity index (χ1v) is 5.60. The van der Waals surface area contributed by atoms with Crippen LogP contribution in [0.1, 0.15) is 36.5 Å². The molecule has 2 N–H and O–H groups in total. The van der Waals surface area contributed by atoms with Crippen LogP contribution >= 0.6 is 0 Å². The summed E-state index contributed by atoms with van der Waals surface area (Å²) in [5, 5.41) is 18.2. The molecule has 0 amide bonds. The van der Waals surface area contributed by atoms with Crippen molar-refractivity contribution in [2.75, 3.05) is 0 Å². The van der Waals surface area contributed by atoms with Gasteiger partial charge in [-0.3, -0.25) is 9.59 Å². The van der Waals surface area contributed by atoms with E-state index in [0.717, 1.165) is 0 Å². The van der Waals surface area contributed by atoms with Crippen molar-refractivity contribution in [1.29, 1.82) is 0 Å². The van der Waals surface area contributed by atoms with E-state index in [1.54, 1.807) is 18.2 Å². The molecule has 92 valence electrons. The Balaban J connectivity index is 2.79. The summed E-state index contributed by atoms with van der Waals surface area (Å²) in [7, 11) is 0. The lowest BCUT2D eigenvalue weighted by atomic mass is 9.91. The molecular formula is C13H16O4. The van der Waals surface area contributed by atoms with Crippen LogP contribution in [0.2, 0.25) is 0 Å². The van der Waals surface area contributed by atoms with Crippen LogP contribution in [0.15, 0.2) is 24.3 Å². The third-order valence-corrected chi connectivity index (χ3v) is 2.74. The van der Waals surface area contributed by atoms with Crippen molar-refractivity contribution >= 4 is 11.8 Å². The van der Waals surface area contributed by atoms with Gasteiger partial charge < -0.3 is 10.2 Å². The summed E-state index contributed by atoms with van der Waals surface area (Å²) in [6.07, 6.45) is 0.845. The summed E-state index contributed by atoms with van der Waals surface area (Å²) in [5.41, 5.74) is 0.268. The number of carbonyl (C=O) groups is 2. The lowest BCUT2D eigenvalue weighted by Crippen LogP contribution is -2.15. The van der Waals surface area contributed by atoms with E-state index in [4.69, 9.17) is 5.11 Å². The zero-order valence-corrected chi connectivity index (χ0v) is 9.72. The van der Waals surface area contributed by atoms with Gasteiger partial charge in [0.25, 0.3) is 0 Å². The van der Waals surface area contributed by atoms with Crippen LogP contribution in [0, 0.1) is 5.92 Å². The van der Waals surface area contributed by atoms with Crippen molar-refractivity contribution < 1.29 is 19.8 Å². The molecule has 1 aromatic carbocycles. The number of aromatic hydroxyl groups is 1. The lowest BCUT2D eigenvalue weighted by molar-refractivity contribution is -0.137. The fourth-order valence-corrected chi connectivity index (χ4v) is 1.72. The number of carboxylic acids is 1. The number of benzene rings is 1. The largest absolute Gasteiger partial charge is 0.507 e. The first-order chi connectivity index (χ1) is 8.06. The third-order valence-electron chi connectivity index (χ3n) is 2.74. The number of hydrogen-bond acceptors (Lipinski definition) is 3. The van der Waals surface area contributed by atoms with E-state index in [1.165, 1.54) is 6.07 Å². The van der Waals surface area contributed by atoms with E-state index in [0.29, 0.717) is 12.8 Å². The molecule has 0 aliphatic rings. The quantitative estimate of drug-likeness (QED) is 0.744. The summed E-state index contributed by atoms with van der Waals surface area (Å²) < 4.78 is 0. The summed E-state index contributed by atoms with van der Waals surface area (Å²) >= 11 is 0. The topological polar surface area (TPSA) is 74.6 Å². The van der Waals surface area contributed by atoms with Gasteiger partial charge in [0.2, 0.25) is 0 Å². The number of para-hydroxylation sites is 1. The molecule has 0 radical (unpaired) electrons. The number of phenolic OH excluding ortho intramolecular Hbond substituents is 1. The van der Waals surface area contributed by atoms with Gasteiger partial charge in [0.1, 0.15) is 5.75 Å². The van der Waals surface area contributed by atoms with Gasteiger partial charge in [-0.1, -0.05) is 19.1 Å². The Hall–Kier alpha value is -1.84. The van der Waals surface area contributed by atoms with Gasteiger partial charge in [0.15, 0.2) is 5.78 Å². The average molecular weight is 236 g/mol. The van der Waals surface area contributed by atoms with Gasteiger partial charge in [-0.2, -0.15) is 0 Å². The molecule has 1 atom stereocenters.